The molecule has 3 aromatic carbocycles. The molecule has 1 atom stereocenters. The number of benzene rings is 3. The lowest BCUT2D eigenvalue weighted by Crippen LogP contribution is -2.31. The van der Waals surface area contributed by atoms with E-state index in [1.54, 1.807) is 0 Å². The summed E-state index contributed by atoms with van der Waals surface area (Å²) in [7, 11) is 0. The van der Waals surface area contributed by atoms with E-state index in [9.17, 15) is 0 Å². The Labute approximate surface area is 187 Å². The Morgan fingerprint density at radius 2 is 1.73 bits per heavy atom. The first-order chi connectivity index (χ1) is 14.6. The molecule has 0 bridgehead atoms. The SMILES string of the molecule is C=Cc1ccc(C2(c3cc(C)ccc3C)C3=C(C=CCC3)c3ccc(Br)cc32)cc1. The van der Waals surface area contributed by atoms with Gasteiger partial charge in [-0.15, -0.1) is 0 Å². The maximum atomic E-state index is 3.95. The van der Waals surface area contributed by atoms with E-state index in [2.05, 4.69) is 109 Å². The van der Waals surface area contributed by atoms with E-state index < -0.39 is 0 Å². The number of allylic oxidation sites excluding steroid dienone is 4. The Morgan fingerprint density at radius 1 is 0.933 bits per heavy atom. The summed E-state index contributed by atoms with van der Waals surface area (Å²) in [6, 6.07) is 22.7. The van der Waals surface area contributed by atoms with Crippen LogP contribution in [0.15, 0.2) is 89.4 Å². The minimum Gasteiger partial charge on any atom is -0.0985 e. The molecule has 1 unspecified atom stereocenters. The Bertz CT molecular complexity index is 1220. The predicted octanol–water partition coefficient (Wildman–Crippen LogP) is 8.16. The summed E-state index contributed by atoms with van der Waals surface area (Å²) in [5.41, 5.74) is 11.9. The average Bonchev–Trinajstić information content (AvgIpc) is 3.06. The van der Waals surface area contributed by atoms with Gasteiger partial charge in [0.15, 0.2) is 0 Å². The first-order valence-electron chi connectivity index (χ1n) is 10.6. The molecule has 0 fully saturated rings. The molecule has 0 spiro atoms. The number of fused-ring (bicyclic) bond motifs is 2. The highest BCUT2D eigenvalue weighted by Gasteiger charge is 2.48. The summed E-state index contributed by atoms with van der Waals surface area (Å²) in [6.07, 6.45) is 8.75. The lowest BCUT2D eigenvalue weighted by atomic mass is 9.64. The van der Waals surface area contributed by atoms with Gasteiger partial charge in [0.05, 0.1) is 5.41 Å². The van der Waals surface area contributed by atoms with Crippen molar-refractivity contribution in [1.82, 2.24) is 0 Å². The van der Waals surface area contributed by atoms with Gasteiger partial charge in [0.2, 0.25) is 0 Å². The lowest BCUT2D eigenvalue weighted by molar-refractivity contribution is 0.690. The van der Waals surface area contributed by atoms with E-state index in [-0.39, 0.29) is 5.41 Å². The fourth-order valence-corrected chi connectivity index (χ4v) is 5.69. The van der Waals surface area contributed by atoms with Gasteiger partial charge in [-0.1, -0.05) is 94.8 Å². The highest BCUT2D eigenvalue weighted by atomic mass is 79.9. The molecule has 0 nitrogen and oxygen atoms in total. The quantitative estimate of drug-likeness (QED) is 0.375. The third-order valence-electron chi connectivity index (χ3n) is 6.68. The zero-order valence-corrected chi connectivity index (χ0v) is 19.1. The highest BCUT2D eigenvalue weighted by molar-refractivity contribution is 9.10. The summed E-state index contributed by atoms with van der Waals surface area (Å²) in [5.74, 6) is 0. The van der Waals surface area contributed by atoms with E-state index >= 15 is 0 Å². The number of rotatable bonds is 3. The van der Waals surface area contributed by atoms with Crippen molar-refractivity contribution < 1.29 is 0 Å². The van der Waals surface area contributed by atoms with Crippen LogP contribution < -0.4 is 0 Å². The van der Waals surface area contributed by atoms with Crippen LogP contribution in [0.5, 0.6) is 0 Å². The normalized spacial score (nSPS) is 19.6. The van der Waals surface area contributed by atoms with Crippen molar-refractivity contribution in [3.63, 3.8) is 0 Å². The van der Waals surface area contributed by atoms with E-state index in [4.69, 9.17) is 0 Å². The minimum atomic E-state index is -0.269. The summed E-state index contributed by atoms with van der Waals surface area (Å²) in [4.78, 5) is 0. The van der Waals surface area contributed by atoms with Crippen LogP contribution in [0.2, 0.25) is 0 Å². The second kappa shape index (κ2) is 7.25. The second-order valence-corrected chi connectivity index (χ2v) is 9.33. The van der Waals surface area contributed by atoms with Crippen molar-refractivity contribution in [3.05, 3.63) is 128 Å². The number of hydrogen-bond donors (Lipinski definition) is 0. The van der Waals surface area contributed by atoms with Crippen LogP contribution in [0.3, 0.4) is 0 Å². The molecule has 0 amide bonds. The molecule has 5 rings (SSSR count). The van der Waals surface area contributed by atoms with Crippen LogP contribution in [0.25, 0.3) is 11.6 Å². The van der Waals surface area contributed by atoms with Gasteiger partial charge < -0.3 is 0 Å². The number of hydrogen-bond acceptors (Lipinski definition) is 0. The fourth-order valence-electron chi connectivity index (χ4n) is 5.33. The van der Waals surface area contributed by atoms with Crippen LogP contribution in [-0.2, 0) is 5.41 Å². The Kier molecular flexibility index (Phi) is 4.67. The van der Waals surface area contributed by atoms with Crippen molar-refractivity contribution in [2.24, 2.45) is 0 Å². The molecule has 0 aromatic heterocycles. The Balaban J connectivity index is 1.95. The molecule has 0 saturated carbocycles. The monoisotopic (exact) mass is 452 g/mol. The number of halogens is 1. The fraction of sp³-hybridized carbons (Fsp3) is 0.172. The molecule has 30 heavy (non-hydrogen) atoms. The molecule has 2 aliphatic carbocycles. The van der Waals surface area contributed by atoms with Gasteiger partial charge in [-0.05, 0) is 83.3 Å². The summed E-state index contributed by atoms with van der Waals surface area (Å²) in [6.45, 7) is 8.40. The molecule has 0 radical (unpaired) electrons. The first kappa shape index (κ1) is 19.3. The second-order valence-electron chi connectivity index (χ2n) is 8.42. The van der Waals surface area contributed by atoms with Crippen LogP contribution in [0.1, 0.15) is 51.8 Å². The molecular weight excluding hydrogens is 428 g/mol. The van der Waals surface area contributed by atoms with Crippen molar-refractivity contribution in [3.8, 4) is 0 Å². The Morgan fingerprint density at radius 3 is 2.50 bits per heavy atom. The van der Waals surface area contributed by atoms with E-state index in [1.165, 1.54) is 44.5 Å². The molecule has 148 valence electrons. The highest BCUT2D eigenvalue weighted by Crippen LogP contribution is 2.58. The van der Waals surface area contributed by atoms with Crippen molar-refractivity contribution in [2.75, 3.05) is 0 Å². The largest absolute Gasteiger partial charge is 0.0985 e. The van der Waals surface area contributed by atoms with Gasteiger partial charge in [0.1, 0.15) is 0 Å². The van der Waals surface area contributed by atoms with E-state index in [0.29, 0.717) is 0 Å². The van der Waals surface area contributed by atoms with Crippen molar-refractivity contribution in [1.29, 1.82) is 0 Å². The molecule has 3 aromatic rings. The van der Waals surface area contributed by atoms with Crippen LogP contribution >= 0.6 is 15.9 Å². The van der Waals surface area contributed by atoms with Crippen LogP contribution in [-0.4, -0.2) is 0 Å². The Hall–Kier alpha value is -2.64. The predicted molar refractivity (Wildman–Crippen MR) is 132 cm³/mol. The standard InChI is InChI=1S/C29H25Br/c1-4-21-11-13-22(14-12-21)29(27-17-19(2)9-10-20(27)3)26-8-6-5-7-24(26)25-16-15-23(30)18-28(25)29/h4-5,7,9-18H,1,6,8H2,2-3H3. The molecule has 0 heterocycles. The van der Waals surface area contributed by atoms with Gasteiger partial charge in [-0.2, -0.15) is 0 Å². The average molecular weight is 453 g/mol. The molecule has 0 saturated heterocycles. The topological polar surface area (TPSA) is 0 Å². The van der Waals surface area contributed by atoms with Gasteiger partial charge in [0, 0.05) is 4.47 Å². The third-order valence-corrected chi connectivity index (χ3v) is 7.17. The van der Waals surface area contributed by atoms with Gasteiger partial charge in [-0.25, -0.2) is 0 Å². The van der Waals surface area contributed by atoms with Gasteiger partial charge >= 0.3 is 0 Å². The van der Waals surface area contributed by atoms with Gasteiger partial charge in [0.25, 0.3) is 0 Å². The molecule has 0 aliphatic heterocycles. The molecular formula is C29H25Br. The van der Waals surface area contributed by atoms with E-state index in [0.717, 1.165) is 22.9 Å². The first-order valence-corrected chi connectivity index (χ1v) is 11.4. The number of aryl methyl sites for hydroxylation is 2. The summed E-state index contributed by atoms with van der Waals surface area (Å²) >= 11 is 3.77. The minimum absolute atomic E-state index is 0.269. The van der Waals surface area contributed by atoms with Gasteiger partial charge in [-0.3, -0.25) is 0 Å². The summed E-state index contributed by atoms with van der Waals surface area (Å²) < 4.78 is 1.13. The third kappa shape index (κ3) is 2.72. The zero-order valence-electron chi connectivity index (χ0n) is 17.5. The zero-order chi connectivity index (χ0) is 20.9. The molecule has 2 aliphatic rings. The van der Waals surface area contributed by atoms with Crippen molar-refractivity contribution in [2.45, 2.75) is 32.1 Å². The maximum absolute atomic E-state index is 3.95. The summed E-state index contributed by atoms with van der Waals surface area (Å²) in [5, 5.41) is 0. The molecule has 0 N–H and O–H groups in total. The van der Waals surface area contributed by atoms with Crippen LogP contribution in [0.4, 0.5) is 0 Å². The van der Waals surface area contributed by atoms with Crippen LogP contribution in [0, 0.1) is 13.8 Å². The maximum Gasteiger partial charge on any atom is 0.0679 e. The smallest absolute Gasteiger partial charge is 0.0679 e. The van der Waals surface area contributed by atoms with Crippen molar-refractivity contribution >= 4 is 27.6 Å². The molecule has 1 heteroatoms. The lowest BCUT2D eigenvalue weighted by Gasteiger charge is -2.38. The van der Waals surface area contributed by atoms with E-state index in [1.807, 2.05) is 6.08 Å².